The molecule has 1 heterocycles. The number of rotatable bonds is 6. The first-order valence-electron chi connectivity index (χ1n) is 7.66. The quantitative estimate of drug-likeness (QED) is 0.746. The van der Waals surface area contributed by atoms with Crippen LogP contribution in [0.15, 0.2) is 53.1 Å². The standard InChI is InChI=1S/C18H16FN3O3/c1-24-15-7-3-4-12(11-15)17-21-16(25-22-17)8-9-20-18(23)13-5-2-6-14(19)10-13/h2-7,10-11H,8-9H2,1H3,(H,20,23). The van der Waals surface area contributed by atoms with Crippen LogP contribution in [0.1, 0.15) is 16.2 Å². The number of hydrogen-bond acceptors (Lipinski definition) is 5. The molecule has 0 aliphatic carbocycles. The van der Waals surface area contributed by atoms with Crippen LogP contribution in [0.3, 0.4) is 0 Å². The Morgan fingerprint density at radius 3 is 2.88 bits per heavy atom. The number of nitrogens with zero attached hydrogens (tertiary/aromatic N) is 2. The summed E-state index contributed by atoms with van der Waals surface area (Å²) in [4.78, 5) is 16.2. The Bertz CT molecular complexity index is 879. The maximum atomic E-state index is 13.1. The average Bonchev–Trinajstić information content (AvgIpc) is 3.10. The number of carbonyl (C=O) groups is 1. The van der Waals surface area contributed by atoms with Crippen molar-refractivity contribution in [2.24, 2.45) is 0 Å². The molecule has 0 saturated heterocycles. The van der Waals surface area contributed by atoms with Crippen molar-refractivity contribution < 1.29 is 18.4 Å². The van der Waals surface area contributed by atoms with Crippen LogP contribution in [0, 0.1) is 5.82 Å². The molecule has 0 saturated carbocycles. The van der Waals surface area contributed by atoms with Crippen LogP contribution in [-0.4, -0.2) is 29.7 Å². The lowest BCUT2D eigenvalue weighted by atomic mass is 10.2. The Labute approximate surface area is 143 Å². The van der Waals surface area contributed by atoms with E-state index in [0.29, 0.717) is 30.4 Å². The Morgan fingerprint density at radius 2 is 2.08 bits per heavy atom. The number of aromatic nitrogens is 2. The zero-order valence-electron chi connectivity index (χ0n) is 13.5. The second kappa shape index (κ2) is 7.57. The van der Waals surface area contributed by atoms with E-state index in [2.05, 4.69) is 15.5 Å². The average molecular weight is 341 g/mol. The summed E-state index contributed by atoms with van der Waals surface area (Å²) in [6, 6.07) is 12.8. The lowest BCUT2D eigenvalue weighted by molar-refractivity contribution is 0.0953. The van der Waals surface area contributed by atoms with Crippen LogP contribution < -0.4 is 10.1 Å². The van der Waals surface area contributed by atoms with Crippen molar-refractivity contribution in [3.05, 3.63) is 65.8 Å². The number of nitrogens with one attached hydrogen (secondary N) is 1. The van der Waals surface area contributed by atoms with Gasteiger partial charge in [0.05, 0.1) is 7.11 Å². The Balaban J connectivity index is 1.57. The molecule has 7 heteroatoms. The third-order valence-corrected chi connectivity index (χ3v) is 3.51. The van der Waals surface area contributed by atoms with E-state index in [0.717, 1.165) is 5.56 Å². The van der Waals surface area contributed by atoms with Crippen molar-refractivity contribution in [3.63, 3.8) is 0 Å². The third kappa shape index (κ3) is 4.20. The van der Waals surface area contributed by atoms with Crippen LogP contribution in [-0.2, 0) is 6.42 Å². The molecule has 0 atom stereocenters. The minimum absolute atomic E-state index is 0.266. The molecule has 0 aliphatic heterocycles. The monoisotopic (exact) mass is 341 g/mol. The fraction of sp³-hybridized carbons (Fsp3) is 0.167. The second-order valence-electron chi connectivity index (χ2n) is 5.26. The van der Waals surface area contributed by atoms with Gasteiger partial charge in [-0.25, -0.2) is 4.39 Å². The molecule has 1 amide bonds. The summed E-state index contributed by atoms with van der Waals surface area (Å²) in [5.74, 6) is 0.744. The third-order valence-electron chi connectivity index (χ3n) is 3.51. The van der Waals surface area contributed by atoms with Gasteiger partial charge >= 0.3 is 0 Å². The van der Waals surface area contributed by atoms with Gasteiger partial charge in [-0.1, -0.05) is 23.4 Å². The van der Waals surface area contributed by atoms with Gasteiger partial charge in [0.15, 0.2) is 0 Å². The van der Waals surface area contributed by atoms with E-state index in [-0.39, 0.29) is 11.5 Å². The van der Waals surface area contributed by atoms with Crippen LogP contribution in [0.2, 0.25) is 0 Å². The summed E-state index contributed by atoms with van der Waals surface area (Å²) in [7, 11) is 1.59. The highest BCUT2D eigenvalue weighted by molar-refractivity contribution is 5.94. The lowest BCUT2D eigenvalue weighted by Crippen LogP contribution is -2.25. The molecule has 3 rings (SSSR count). The molecule has 6 nitrogen and oxygen atoms in total. The van der Waals surface area contributed by atoms with Gasteiger partial charge in [-0.2, -0.15) is 4.98 Å². The largest absolute Gasteiger partial charge is 0.497 e. The van der Waals surface area contributed by atoms with E-state index in [1.807, 2.05) is 18.2 Å². The fourth-order valence-corrected chi connectivity index (χ4v) is 2.25. The van der Waals surface area contributed by atoms with Crippen molar-refractivity contribution in [3.8, 4) is 17.1 Å². The normalized spacial score (nSPS) is 10.5. The minimum atomic E-state index is -0.451. The summed E-state index contributed by atoms with van der Waals surface area (Å²) in [5.41, 5.74) is 1.04. The minimum Gasteiger partial charge on any atom is -0.497 e. The van der Waals surface area contributed by atoms with Crippen molar-refractivity contribution in [2.75, 3.05) is 13.7 Å². The number of hydrogen-bond donors (Lipinski definition) is 1. The summed E-state index contributed by atoms with van der Waals surface area (Å²) in [6.45, 7) is 0.301. The Kier molecular flexibility index (Phi) is 5.03. The first-order valence-corrected chi connectivity index (χ1v) is 7.66. The van der Waals surface area contributed by atoms with Gasteiger partial charge < -0.3 is 14.6 Å². The predicted octanol–water partition coefficient (Wildman–Crippen LogP) is 2.86. The number of ether oxygens (including phenoxy) is 1. The molecule has 2 aromatic carbocycles. The van der Waals surface area contributed by atoms with Gasteiger partial charge in [-0.05, 0) is 30.3 Å². The van der Waals surface area contributed by atoms with Crippen LogP contribution in [0.5, 0.6) is 5.75 Å². The topological polar surface area (TPSA) is 77.3 Å². The first kappa shape index (κ1) is 16.6. The molecule has 0 unspecified atom stereocenters. The smallest absolute Gasteiger partial charge is 0.251 e. The molecular weight excluding hydrogens is 325 g/mol. The lowest BCUT2D eigenvalue weighted by Gasteiger charge is -2.03. The van der Waals surface area contributed by atoms with Crippen LogP contribution in [0.25, 0.3) is 11.4 Å². The summed E-state index contributed by atoms with van der Waals surface area (Å²) in [6.07, 6.45) is 0.373. The van der Waals surface area contributed by atoms with E-state index in [4.69, 9.17) is 9.26 Å². The van der Waals surface area contributed by atoms with Crippen LogP contribution >= 0.6 is 0 Å². The van der Waals surface area contributed by atoms with E-state index in [1.54, 1.807) is 19.2 Å². The molecule has 0 bridgehead atoms. The van der Waals surface area contributed by atoms with Crippen molar-refractivity contribution >= 4 is 5.91 Å². The number of methoxy groups -OCH3 is 1. The van der Waals surface area contributed by atoms with Gasteiger partial charge in [-0.3, -0.25) is 4.79 Å². The predicted molar refractivity (Wildman–Crippen MR) is 88.7 cm³/mol. The van der Waals surface area contributed by atoms with Gasteiger partial charge in [0.25, 0.3) is 5.91 Å². The molecule has 128 valence electrons. The highest BCUT2D eigenvalue weighted by Gasteiger charge is 2.11. The molecule has 0 fully saturated rings. The zero-order valence-corrected chi connectivity index (χ0v) is 13.5. The number of amides is 1. The number of carbonyl (C=O) groups excluding carboxylic acids is 1. The molecule has 0 aliphatic rings. The summed E-state index contributed by atoms with van der Waals surface area (Å²) in [5, 5.41) is 6.61. The maximum absolute atomic E-state index is 13.1. The van der Waals surface area contributed by atoms with Gasteiger partial charge in [0.1, 0.15) is 11.6 Å². The summed E-state index contributed by atoms with van der Waals surface area (Å²) < 4.78 is 23.5. The van der Waals surface area contributed by atoms with E-state index >= 15 is 0 Å². The molecule has 0 radical (unpaired) electrons. The number of benzene rings is 2. The SMILES string of the molecule is COc1cccc(-c2noc(CCNC(=O)c3cccc(F)c3)n2)c1. The van der Waals surface area contributed by atoms with Crippen molar-refractivity contribution in [2.45, 2.75) is 6.42 Å². The van der Waals surface area contributed by atoms with Crippen molar-refractivity contribution in [1.82, 2.24) is 15.5 Å². The highest BCUT2D eigenvalue weighted by atomic mass is 19.1. The Morgan fingerprint density at radius 1 is 1.24 bits per heavy atom. The van der Waals surface area contributed by atoms with Crippen molar-refractivity contribution in [1.29, 1.82) is 0 Å². The van der Waals surface area contributed by atoms with Gasteiger partial charge in [-0.15, -0.1) is 0 Å². The molecule has 0 spiro atoms. The molecule has 3 aromatic rings. The van der Waals surface area contributed by atoms with Gasteiger partial charge in [0, 0.05) is 24.1 Å². The second-order valence-corrected chi connectivity index (χ2v) is 5.26. The Hall–Kier alpha value is -3.22. The van der Waals surface area contributed by atoms with Crippen LogP contribution in [0.4, 0.5) is 4.39 Å². The van der Waals surface area contributed by atoms with E-state index in [9.17, 15) is 9.18 Å². The molecule has 1 aromatic heterocycles. The molecule has 1 N–H and O–H groups in total. The zero-order chi connectivity index (χ0) is 17.6. The fourth-order valence-electron chi connectivity index (χ4n) is 2.25. The van der Waals surface area contributed by atoms with Gasteiger partial charge in [0.2, 0.25) is 11.7 Å². The number of halogens is 1. The molecular formula is C18H16FN3O3. The first-order chi connectivity index (χ1) is 12.2. The van der Waals surface area contributed by atoms with E-state index < -0.39 is 5.82 Å². The molecule has 25 heavy (non-hydrogen) atoms. The highest BCUT2D eigenvalue weighted by Crippen LogP contribution is 2.21. The maximum Gasteiger partial charge on any atom is 0.251 e. The summed E-state index contributed by atoms with van der Waals surface area (Å²) >= 11 is 0. The van der Waals surface area contributed by atoms with E-state index in [1.165, 1.54) is 18.2 Å².